The molecule has 2 N–H and O–H groups in total. The lowest BCUT2D eigenvalue weighted by molar-refractivity contribution is -0.133. The second-order valence-corrected chi connectivity index (χ2v) is 9.31. The van der Waals surface area contributed by atoms with Crippen molar-refractivity contribution in [1.82, 2.24) is 19.7 Å². The first-order chi connectivity index (χ1) is 16.7. The number of carbonyl (C=O) groups excluding carboxylic acids is 2. The fourth-order valence-electron chi connectivity index (χ4n) is 4.02. The monoisotopic (exact) mass is 488 g/mol. The summed E-state index contributed by atoms with van der Waals surface area (Å²) in [7, 11) is 1.75. The molecule has 35 heavy (non-hydrogen) atoms. The molecular weight excluding hydrogens is 452 g/mol. The van der Waals surface area contributed by atoms with Crippen LogP contribution < -0.4 is 4.74 Å². The number of ether oxygens (including phenoxy) is 2. The molecule has 3 heterocycles. The van der Waals surface area contributed by atoms with Crippen LogP contribution in [0, 0.1) is 17.8 Å². The summed E-state index contributed by atoms with van der Waals surface area (Å²) in [6, 6.07) is 1.18. The molecule has 4 atom stereocenters. The van der Waals surface area contributed by atoms with Crippen molar-refractivity contribution in [3.8, 4) is 17.7 Å². The van der Waals surface area contributed by atoms with Gasteiger partial charge in [0.05, 0.1) is 39.0 Å². The van der Waals surface area contributed by atoms with Crippen molar-refractivity contribution in [3.05, 3.63) is 23.4 Å². The van der Waals surface area contributed by atoms with Gasteiger partial charge in [-0.15, -0.1) is 0 Å². The molecule has 2 amide bonds. The van der Waals surface area contributed by atoms with Crippen molar-refractivity contribution in [2.75, 3.05) is 59.6 Å². The van der Waals surface area contributed by atoms with E-state index in [1.807, 2.05) is 6.92 Å². The van der Waals surface area contributed by atoms with E-state index in [1.54, 1.807) is 36.8 Å². The summed E-state index contributed by atoms with van der Waals surface area (Å²) in [5.74, 6) is 5.17. The Bertz CT molecular complexity index is 953. The van der Waals surface area contributed by atoms with E-state index in [9.17, 15) is 19.8 Å². The summed E-state index contributed by atoms with van der Waals surface area (Å²) in [5, 5.41) is 19.2. The topological polar surface area (TPSA) is 116 Å². The number of aliphatic hydroxyl groups is 2. The van der Waals surface area contributed by atoms with Crippen LogP contribution in [0.1, 0.15) is 36.7 Å². The van der Waals surface area contributed by atoms with Gasteiger partial charge in [-0.3, -0.25) is 14.5 Å². The molecule has 2 aliphatic heterocycles. The van der Waals surface area contributed by atoms with Crippen LogP contribution in [-0.2, 0) is 9.53 Å². The quantitative estimate of drug-likeness (QED) is 0.530. The zero-order chi connectivity index (χ0) is 25.5. The highest BCUT2D eigenvalue weighted by Crippen LogP contribution is 2.27. The van der Waals surface area contributed by atoms with Crippen molar-refractivity contribution < 1.29 is 29.3 Å². The van der Waals surface area contributed by atoms with Gasteiger partial charge in [0.25, 0.3) is 5.91 Å². The lowest BCUT2D eigenvalue weighted by Crippen LogP contribution is -2.51. The Morgan fingerprint density at radius 3 is 2.71 bits per heavy atom. The summed E-state index contributed by atoms with van der Waals surface area (Å²) >= 11 is 0. The van der Waals surface area contributed by atoms with Crippen molar-refractivity contribution in [2.45, 2.75) is 39.0 Å². The number of aliphatic hydroxyl groups excluding tert-OH is 2. The van der Waals surface area contributed by atoms with E-state index in [-0.39, 0.29) is 35.8 Å². The number of rotatable bonds is 6. The Balaban J connectivity index is 1.85. The van der Waals surface area contributed by atoms with Crippen LogP contribution in [0.15, 0.2) is 12.3 Å². The van der Waals surface area contributed by atoms with E-state index in [4.69, 9.17) is 9.47 Å². The van der Waals surface area contributed by atoms with Gasteiger partial charge in [0, 0.05) is 44.4 Å². The van der Waals surface area contributed by atoms with Crippen LogP contribution in [0.3, 0.4) is 0 Å². The average Bonchev–Trinajstić information content (AvgIpc) is 2.84. The van der Waals surface area contributed by atoms with Gasteiger partial charge in [-0.2, -0.15) is 0 Å². The summed E-state index contributed by atoms with van der Waals surface area (Å²) in [4.78, 5) is 36.0. The molecule has 3 rings (SSSR count). The van der Waals surface area contributed by atoms with Gasteiger partial charge in [-0.05, 0) is 19.9 Å². The minimum atomic E-state index is -0.814. The third-order valence-electron chi connectivity index (χ3n) is 6.29. The van der Waals surface area contributed by atoms with Gasteiger partial charge in [0.2, 0.25) is 11.8 Å². The molecule has 1 fully saturated rings. The lowest BCUT2D eigenvalue weighted by atomic mass is 10.00. The average molecular weight is 489 g/mol. The first-order valence-corrected chi connectivity index (χ1v) is 12.0. The second kappa shape index (κ2) is 12.3. The summed E-state index contributed by atoms with van der Waals surface area (Å²) in [5.41, 5.74) is 0.711. The Morgan fingerprint density at radius 1 is 1.34 bits per heavy atom. The molecule has 2 aliphatic rings. The highest BCUT2D eigenvalue weighted by molar-refractivity contribution is 5.97. The lowest BCUT2D eigenvalue weighted by Gasteiger charge is -2.38. The molecule has 10 nitrogen and oxygen atoms in total. The molecule has 0 radical (unpaired) electrons. The van der Waals surface area contributed by atoms with Gasteiger partial charge in [-0.1, -0.05) is 18.8 Å². The van der Waals surface area contributed by atoms with Crippen molar-refractivity contribution in [1.29, 1.82) is 0 Å². The van der Waals surface area contributed by atoms with Crippen LogP contribution in [0.5, 0.6) is 5.88 Å². The van der Waals surface area contributed by atoms with E-state index >= 15 is 0 Å². The van der Waals surface area contributed by atoms with Crippen LogP contribution in [-0.4, -0.2) is 120 Å². The van der Waals surface area contributed by atoms with Crippen LogP contribution in [0.4, 0.5) is 0 Å². The predicted molar refractivity (Wildman–Crippen MR) is 129 cm³/mol. The number of carbonyl (C=O) groups is 2. The molecule has 0 aliphatic carbocycles. The third kappa shape index (κ3) is 7.15. The summed E-state index contributed by atoms with van der Waals surface area (Å²) in [6.07, 6.45) is 0.263. The first kappa shape index (κ1) is 26.9. The molecule has 192 valence electrons. The predicted octanol–water partition coefficient (Wildman–Crippen LogP) is -0.175. The normalized spacial score (nSPS) is 22.6. The number of pyridine rings is 1. The molecule has 1 aromatic heterocycles. The molecule has 0 aromatic carbocycles. The Hall–Kier alpha value is -2.71. The van der Waals surface area contributed by atoms with Crippen molar-refractivity contribution in [3.63, 3.8) is 0 Å². The first-order valence-electron chi connectivity index (χ1n) is 12.0. The number of morpholine rings is 1. The maximum Gasteiger partial charge on any atom is 0.259 e. The largest absolute Gasteiger partial charge is 0.472 e. The molecule has 0 unspecified atom stereocenters. The molecule has 0 spiro atoms. The zero-order valence-corrected chi connectivity index (χ0v) is 20.9. The standard InChI is InChI=1S/C25H36N4O6/c1-17-13-29(18(2)16-30)25(33)21-11-20(6-5-19(3)31)12-26-24(21)35-22(17)14-27(4)23(32)15-28-7-9-34-10-8-28/h11-12,17-19,22,30-31H,7-10,13-16H2,1-4H3/t17-,18+,19-,22+/m0/s1. The smallest absolute Gasteiger partial charge is 0.259 e. The number of amides is 2. The maximum atomic E-state index is 13.4. The van der Waals surface area contributed by atoms with Gasteiger partial charge < -0.3 is 29.5 Å². The van der Waals surface area contributed by atoms with Gasteiger partial charge in [0.1, 0.15) is 17.8 Å². The van der Waals surface area contributed by atoms with Crippen LogP contribution in [0.25, 0.3) is 0 Å². The van der Waals surface area contributed by atoms with Crippen molar-refractivity contribution >= 4 is 11.8 Å². The fourth-order valence-corrected chi connectivity index (χ4v) is 4.02. The van der Waals surface area contributed by atoms with Crippen LogP contribution in [0.2, 0.25) is 0 Å². The Morgan fingerprint density at radius 2 is 2.06 bits per heavy atom. The molecule has 1 saturated heterocycles. The summed E-state index contributed by atoms with van der Waals surface area (Å²) < 4.78 is 11.6. The van der Waals surface area contributed by atoms with E-state index < -0.39 is 18.2 Å². The highest BCUT2D eigenvalue weighted by atomic mass is 16.5. The number of fused-ring (bicyclic) bond motifs is 1. The Labute approximate surface area is 206 Å². The third-order valence-corrected chi connectivity index (χ3v) is 6.29. The zero-order valence-electron chi connectivity index (χ0n) is 20.9. The number of nitrogens with zero attached hydrogens (tertiary/aromatic N) is 4. The molecule has 0 bridgehead atoms. The number of hydrogen-bond acceptors (Lipinski definition) is 8. The molecule has 10 heteroatoms. The second-order valence-electron chi connectivity index (χ2n) is 9.31. The van der Waals surface area contributed by atoms with E-state index in [0.29, 0.717) is 38.4 Å². The van der Waals surface area contributed by atoms with E-state index in [0.717, 1.165) is 13.1 Å². The molecule has 0 saturated carbocycles. The molecule has 1 aromatic rings. The van der Waals surface area contributed by atoms with Gasteiger partial charge >= 0.3 is 0 Å². The van der Waals surface area contributed by atoms with Crippen LogP contribution >= 0.6 is 0 Å². The SMILES string of the molecule is C[C@H](O)C#Cc1cnc2c(c1)C(=O)N([C@H](C)CO)C[C@H](C)[C@@H](CN(C)C(=O)CN1CCOCC1)O2. The van der Waals surface area contributed by atoms with Gasteiger partial charge in [-0.25, -0.2) is 4.98 Å². The fraction of sp³-hybridized carbons (Fsp3) is 0.640. The highest BCUT2D eigenvalue weighted by Gasteiger charge is 2.34. The van der Waals surface area contributed by atoms with Crippen molar-refractivity contribution in [2.24, 2.45) is 5.92 Å². The van der Waals surface area contributed by atoms with E-state index in [1.165, 1.54) is 6.20 Å². The summed E-state index contributed by atoms with van der Waals surface area (Å²) in [6.45, 7) is 8.79. The molecular formula is C25H36N4O6. The van der Waals surface area contributed by atoms with E-state index in [2.05, 4.69) is 21.7 Å². The number of likely N-dealkylation sites (N-methyl/N-ethyl adjacent to an activating group) is 1. The minimum absolute atomic E-state index is 0.0154. The number of aromatic nitrogens is 1. The maximum absolute atomic E-state index is 13.4. The van der Waals surface area contributed by atoms with Gasteiger partial charge in [0.15, 0.2) is 0 Å². The number of hydrogen-bond donors (Lipinski definition) is 2. The Kier molecular flexibility index (Phi) is 9.46. The minimum Gasteiger partial charge on any atom is -0.472 e.